The highest BCUT2D eigenvalue weighted by Crippen LogP contribution is 2.19. The van der Waals surface area contributed by atoms with Gasteiger partial charge in [-0.25, -0.2) is 0 Å². The summed E-state index contributed by atoms with van der Waals surface area (Å²) in [6.45, 7) is 1.05. The van der Waals surface area contributed by atoms with Crippen LogP contribution in [0.3, 0.4) is 0 Å². The number of rotatable bonds is 5. The molecule has 0 bridgehead atoms. The van der Waals surface area contributed by atoms with Gasteiger partial charge in [0.15, 0.2) is 5.69 Å². The Kier molecular flexibility index (Phi) is 3.95. The highest BCUT2D eigenvalue weighted by Gasteiger charge is 2.13. The molecule has 0 radical (unpaired) electrons. The minimum Gasteiger partial charge on any atom is -0.349 e. The van der Waals surface area contributed by atoms with Gasteiger partial charge in [0.25, 0.3) is 5.91 Å². The van der Waals surface area contributed by atoms with Gasteiger partial charge >= 0.3 is 0 Å². The van der Waals surface area contributed by atoms with Crippen molar-refractivity contribution in [2.45, 2.75) is 6.54 Å². The Morgan fingerprint density at radius 3 is 2.82 bits per heavy atom. The Labute approximate surface area is 127 Å². The van der Waals surface area contributed by atoms with Crippen LogP contribution in [0.2, 0.25) is 0 Å². The summed E-state index contributed by atoms with van der Waals surface area (Å²) < 4.78 is 3.37. The Morgan fingerprint density at radius 2 is 2.09 bits per heavy atom. The van der Waals surface area contributed by atoms with E-state index in [1.54, 1.807) is 27.8 Å². The summed E-state index contributed by atoms with van der Waals surface area (Å²) >= 11 is 0. The first-order valence-electron chi connectivity index (χ1n) is 6.96. The van der Waals surface area contributed by atoms with Gasteiger partial charge in [-0.2, -0.15) is 5.10 Å². The van der Waals surface area contributed by atoms with Crippen LogP contribution in [0.25, 0.3) is 11.3 Å². The molecule has 22 heavy (non-hydrogen) atoms. The van der Waals surface area contributed by atoms with E-state index in [4.69, 9.17) is 0 Å². The summed E-state index contributed by atoms with van der Waals surface area (Å²) in [7, 11) is 1.83. The number of aryl methyl sites for hydroxylation is 1. The van der Waals surface area contributed by atoms with Gasteiger partial charge in [0.1, 0.15) is 0 Å². The van der Waals surface area contributed by atoms with E-state index < -0.39 is 0 Å². The molecule has 3 aromatic rings. The summed E-state index contributed by atoms with van der Waals surface area (Å²) in [5.41, 5.74) is 2.33. The fourth-order valence-electron chi connectivity index (χ4n) is 2.18. The van der Waals surface area contributed by atoms with Crippen LogP contribution in [-0.4, -0.2) is 37.2 Å². The zero-order chi connectivity index (χ0) is 15.4. The van der Waals surface area contributed by atoms with Gasteiger partial charge in [-0.1, -0.05) is 35.5 Å². The minimum absolute atomic E-state index is 0.196. The van der Waals surface area contributed by atoms with Gasteiger partial charge in [0, 0.05) is 19.8 Å². The first kappa shape index (κ1) is 14.0. The molecule has 3 rings (SSSR count). The minimum atomic E-state index is -0.196. The van der Waals surface area contributed by atoms with E-state index in [1.807, 2.05) is 37.4 Å². The molecule has 1 aromatic carbocycles. The van der Waals surface area contributed by atoms with Crippen molar-refractivity contribution in [3.63, 3.8) is 0 Å². The zero-order valence-electron chi connectivity index (χ0n) is 12.2. The molecule has 7 nitrogen and oxygen atoms in total. The Bertz CT molecular complexity index is 748. The Morgan fingerprint density at radius 1 is 1.27 bits per heavy atom. The van der Waals surface area contributed by atoms with Crippen molar-refractivity contribution in [2.75, 3.05) is 6.54 Å². The van der Waals surface area contributed by atoms with Crippen LogP contribution in [-0.2, 0) is 13.6 Å². The van der Waals surface area contributed by atoms with Crippen LogP contribution in [0, 0.1) is 0 Å². The lowest BCUT2D eigenvalue weighted by Crippen LogP contribution is -2.27. The van der Waals surface area contributed by atoms with E-state index in [2.05, 4.69) is 20.7 Å². The molecule has 0 aliphatic rings. The van der Waals surface area contributed by atoms with Crippen LogP contribution in [0.15, 0.2) is 48.8 Å². The van der Waals surface area contributed by atoms with Crippen LogP contribution in [0.5, 0.6) is 0 Å². The molecule has 7 heteroatoms. The number of hydrogen-bond donors (Lipinski definition) is 1. The second-order valence-electron chi connectivity index (χ2n) is 4.83. The molecular formula is C15H16N6O. The smallest absolute Gasteiger partial charge is 0.271 e. The van der Waals surface area contributed by atoms with Crippen LogP contribution < -0.4 is 5.32 Å². The van der Waals surface area contributed by atoms with Gasteiger partial charge in [0.2, 0.25) is 0 Å². The number of nitrogens with zero attached hydrogens (tertiary/aromatic N) is 5. The summed E-state index contributed by atoms with van der Waals surface area (Å²) in [6.07, 6.45) is 3.35. The number of carbonyl (C=O) groups is 1. The van der Waals surface area contributed by atoms with E-state index in [1.165, 1.54) is 0 Å². The monoisotopic (exact) mass is 296 g/mol. The molecule has 0 aliphatic carbocycles. The lowest BCUT2D eigenvalue weighted by atomic mass is 10.1. The number of hydrogen-bond acceptors (Lipinski definition) is 4. The maximum Gasteiger partial charge on any atom is 0.271 e. The molecule has 2 heterocycles. The van der Waals surface area contributed by atoms with Crippen molar-refractivity contribution >= 4 is 5.91 Å². The Balaban J connectivity index is 1.66. The van der Waals surface area contributed by atoms with Gasteiger partial charge in [0.05, 0.1) is 18.4 Å². The van der Waals surface area contributed by atoms with Gasteiger partial charge in [-0.3, -0.25) is 14.2 Å². The molecule has 112 valence electrons. The standard InChI is InChI=1S/C15H16N6O/c1-20-14(12-5-3-2-4-6-12)11-13(18-20)15(22)16-7-9-21-10-8-17-19-21/h2-6,8,10-11H,7,9H2,1H3,(H,16,22). The van der Waals surface area contributed by atoms with Gasteiger partial charge < -0.3 is 5.32 Å². The van der Waals surface area contributed by atoms with Crippen molar-refractivity contribution in [2.24, 2.45) is 7.05 Å². The molecule has 0 spiro atoms. The maximum absolute atomic E-state index is 12.1. The number of benzene rings is 1. The van der Waals surface area contributed by atoms with E-state index in [9.17, 15) is 4.79 Å². The first-order chi connectivity index (χ1) is 10.7. The predicted octanol–water partition coefficient (Wildman–Crippen LogP) is 1.11. The predicted molar refractivity (Wildman–Crippen MR) is 81.0 cm³/mol. The van der Waals surface area contributed by atoms with Crippen LogP contribution >= 0.6 is 0 Å². The summed E-state index contributed by atoms with van der Waals surface area (Å²) in [6, 6.07) is 11.6. The van der Waals surface area contributed by atoms with Crippen molar-refractivity contribution in [3.8, 4) is 11.3 Å². The van der Waals surface area contributed by atoms with E-state index in [0.29, 0.717) is 18.8 Å². The third kappa shape index (κ3) is 3.03. The summed E-state index contributed by atoms with van der Waals surface area (Å²) in [5, 5.41) is 14.6. The molecule has 0 aliphatic heterocycles. The van der Waals surface area contributed by atoms with Crippen molar-refractivity contribution in [1.29, 1.82) is 0 Å². The molecule has 0 saturated carbocycles. The van der Waals surface area contributed by atoms with E-state index >= 15 is 0 Å². The highest BCUT2D eigenvalue weighted by atomic mass is 16.1. The number of aromatic nitrogens is 5. The lowest BCUT2D eigenvalue weighted by Gasteiger charge is -2.02. The highest BCUT2D eigenvalue weighted by molar-refractivity contribution is 5.93. The number of nitrogens with one attached hydrogen (secondary N) is 1. The summed E-state index contributed by atoms with van der Waals surface area (Å²) in [5.74, 6) is -0.196. The summed E-state index contributed by atoms with van der Waals surface area (Å²) in [4.78, 5) is 12.1. The largest absolute Gasteiger partial charge is 0.349 e. The second-order valence-corrected chi connectivity index (χ2v) is 4.83. The quantitative estimate of drug-likeness (QED) is 0.765. The molecular weight excluding hydrogens is 280 g/mol. The third-order valence-electron chi connectivity index (χ3n) is 3.28. The number of carbonyl (C=O) groups excluding carboxylic acids is 1. The zero-order valence-corrected chi connectivity index (χ0v) is 12.2. The van der Waals surface area contributed by atoms with E-state index in [-0.39, 0.29) is 5.91 Å². The van der Waals surface area contributed by atoms with Crippen LogP contribution in [0.4, 0.5) is 0 Å². The van der Waals surface area contributed by atoms with Crippen molar-refractivity contribution < 1.29 is 4.79 Å². The fourth-order valence-corrected chi connectivity index (χ4v) is 2.18. The molecule has 0 atom stereocenters. The average molecular weight is 296 g/mol. The molecule has 1 amide bonds. The van der Waals surface area contributed by atoms with E-state index in [0.717, 1.165) is 11.3 Å². The molecule has 0 fully saturated rings. The average Bonchev–Trinajstić information content (AvgIpc) is 3.17. The van der Waals surface area contributed by atoms with Gasteiger partial charge in [-0.15, -0.1) is 5.10 Å². The maximum atomic E-state index is 12.1. The lowest BCUT2D eigenvalue weighted by molar-refractivity contribution is 0.0946. The SMILES string of the molecule is Cn1nc(C(=O)NCCn2ccnn2)cc1-c1ccccc1. The Hall–Kier alpha value is -2.96. The molecule has 0 saturated heterocycles. The van der Waals surface area contributed by atoms with Crippen molar-refractivity contribution in [1.82, 2.24) is 30.1 Å². The number of amides is 1. The van der Waals surface area contributed by atoms with Crippen LogP contribution in [0.1, 0.15) is 10.5 Å². The third-order valence-corrected chi connectivity index (χ3v) is 3.28. The second kappa shape index (κ2) is 6.21. The van der Waals surface area contributed by atoms with Crippen molar-refractivity contribution in [3.05, 3.63) is 54.5 Å². The molecule has 2 aromatic heterocycles. The fraction of sp³-hybridized carbons (Fsp3) is 0.200. The normalized spacial score (nSPS) is 10.6. The first-order valence-corrected chi connectivity index (χ1v) is 6.96. The topological polar surface area (TPSA) is 77.6 Å². The molecule has 0 unspecified atom stereocenters. The van der Waals surface area contributed by atoms with Gasteiger partial charge in [-0.05, 0) is 11.6 Å². The molecule has 1 N–H and O–H groups in total.